The van der Waals surface area contributed by atoms with Crippen LogP contribution in [0.3, 0.4) is 0 Å². The SMILES string of the molecule is CO[C@@H]1OC(=O)C[C@H]1NCCO. The van der Waals surface area contributed by atoms with Gasteiger partial charge in [0.2, 0.25) is 6.29 Å². The number of hydrogen-bond donors (Lipinski definition) is 2. The fraction of sp³-hybridized carbons (Fsp3) is 0.857. The van der Waals surface area contributed by atoms with Gasteiger partial charge in [-0.25, -0.2) is 0 Å². The lowest BCUT2D eigenvalue weighted by molar-refractivity contribution is -0.159. The topological polar surface area (TPSA) is 67.8 Å². The monoisotopic (exact) mass is 175 g/mol. The molecule has 0 aromatic heterocycles. The predicted octanol–water partition coefficient (Wildman–Crippen LogP) is -1.14. The van der Waals surface area contributed by atoms with Crippen LogP contribution in [0, 0.1) is 0 Å². The number of cyclic esters (lactones) is 1. The van der Waals surface area contributed by atoms with Crippen LogP contribution in [0.25, 0.3) is 0 Å². The molecular weight excluding hydrogens is 162 g/mol. The summed E-state index contributed by atoms with van der Waals surface area (Å²) in [4.78, 5) is 10.8. The Morgan fingerprint density at radius 1 is 1.83 bits per heavy atom. The number of aliphatic hydroxyl groups is 1. The van der Waals surface area contributed by atoms with Crippen molar-refractivity contribution in [1.29, 1.82) is 0 Å². The zero-order chi connectivity index (χ0) is 8.97. The van der Waals surface area contributed by atoms with Gasteiger partial charge in [0.15, 0.2) is 0 Å². The van der Waals surface area contributed by atoms with Crippen LogP contribution in [-0.4, -0.2) is 43.7 Å². The van der Waals surface area contributed by atoms with Crippen molar-refractivity contribution in [3.63, 3.8) is 0 Å². The summed E-state index contributed by atoms with van der Waals surface area (Å²) in [7, 11) is 1.48. The van der Waals surface area contributed by atoms with Gasteiger partial charge in [-0.3, -0.25) is 4.79 Å². The van der Waals surface area contributed by atoms with Gasteiger partial charge in [0.25, 0.3) is 0 Å². The largest absolute Gasteiger partial charge is 0.434 e. The Balaban J connectivity index is 2.35. The van der Waals surface area contributed by atoms with Crippen LogP contribution >= 0.6 is 0 Å². The Labute approximate surface area is 70.7 Å². The van der Waals surface area contributed by atoms with Crippen molar-refractivity contribution in [2.75, 3.05) is 20.3 Å². The van der Waals surface area contributed by atoms with Gasteiger partial charge in [-0.15, -0.1) is 0 Å². The predicted molar refractivity (Wildman–Crippen MR) is 40.4 cm³/mol. The molecule has 0 spiro atoms. The molecule has 0 aromatic rings. The van der Waals surface area contributed by atoms with Crippen LogP contribution in [0.5, 0.6) is 0 Å². The number of hydrogen-bond acceptors (Lipinski definition) is 5. The first-order valence-electron chi connectivity index (χ1n) is 3.84. The maximum Gasteiger partial charge on any atom is 0.309 e. The fourth-order valence-electron chi connectivity index (χ4n) is 1.17. The summed E-state index contributed by atoms with van der Waals surface area (Å²) in [5.74, 6) is -0.266. The van der Waals surface area contributed by atoms with Crippen molar-refractivity contribution in [2.45, 2.75) is 18.8 Å². The van der Waals surface area contributed by atoms with Gasteiger partial charge in [-0.2, -0.15) is 0 Å². The fourth-order valence-corrected chi connectivity index (χ4v) is 1.17. The van der Waals surface area contributed by atoms with Gasteiger partial charge in [0, 0.05) is 13.7 Å². The second kappa shape index (κ2) is 4.39. The summed E-state index contributed by atoms with van der Waals surface area (Å²) in [5.41, 5.74) is 0. The van der Waals surface area contributed by atoms with E-state index in [0.29, 0.717) is 13.0 Å². The maximum atomic E-state index is 10.8. The molecule has 1 aliphatic heterocycles. The Kier molecular flexibility index (Phi) is 3.46. The summed E-state index contributed by atoms with van der Waals surface area (Å²) in [6.07, 6.45) is -0.206. The van der Waals surface area contributed by atoms with Crippen LogP contribution in [0.2, 0.25) is 0 Å². The number of carbonyl (C=O) groups is 1. The van der Waals surface area contributed by atoms with Crippen LogP contribution in [-0.2, 0) is 14.3 Å². The normalized spacial score (nSPS) is 29.0. The molecule has 0 aromatic carbocycles. The van der Waals surface area contributed by atoms with Crippen molar-refractivity contribution >= 4 is 5.97 Å². The molecule has 12 heavy (non-hydrogen) atoms. The summed E-state index contributed by atoms with van der Waals surface area (Å²) in [6, 6.07) is -0.130. The molecule has 1 heterocycles. The first-order valence-corrected chi connectivity index (χ1v) is 3.84. The lowest BCUT2D eigenvalue weighted by Crippen LogP contribution is -2.38. The molecule has 1 saturated heterocycles. The molecule has 0 amide bonds. The minimum absolute atomic E-state index is 0.0428. The van der Waals surface area contributed by atoms with E-state index in [9.17, 15) is 4.79 Å². The highest BCUT2D eigenvalue weighted by molar-refractivity contribution is 5.72. The quantitative estimate of drug-likeness (QED) is 0.528. The van der Waals surface area contributed by atoms with E-state index >= 15 is 0 Å². The number of nitrogens with one attached hydrogen (secondary N) is 1. The highest BCUT2D eigenvalue weighted by Gasteiger charge is 2.34. The van der Waals surface area contributed by atoms with Crippen LogP contribution < -0.4 is 5.32 Å². The molecule has 0 unspecified atom stereocenters. The molecule has 0 radical (unpaired) electrons. The van der Waals surface area contributed by atoms with E-state index in [1.165, 1.54) is 7.11 Å². The first-order chi connectivity index (χ1) is 5.77. The van der Waals surface area contributed by atoms with Crippen molar-refractivity contribution < 1.29 is 19.4 Å². The smallest absolute Gasteiger partial charge is 0.309 e. The molecular formula is C7H13NO4. The number of esters is 1. The number of rotatable bonds is 4. The molecule has 2 N–H and O–H groups in total. The van der Waals surface area contributed by atoms with E-state index in [0.717, 1.165) is 0 Å². The molecule has 1 rings (SSSR count). The van der Waals surface area contributed by atoms with Crippen molar-refractivity contribution in [1.82, 2.24) is 5.32 Å². The van der Waals surface area contributed by atoms with Crippen LogP contribution in [0.4, 0.5) is 0 Å². The molecule has 0 saturated carbocycles. The zero-order valence-electron chi connectivity index (χ0n) is 6.95. The molecule has 0 bridgehead atoms. The average Bonchev–Trinajstić information content (AvgIpc) is 2.42. The van der Waals surface area contributed by atoms with Crippen LogP contribution in [0.15, 0.2) is 0 Å². The Morgan fingerprint density at radius 2 is 2.58 bits per heavy atom. The second-order valence-corrected chi connectivity index (χ2v) is 2.58. The zero-order valence-corrected chi connectivity index (χ0v) is 6.95. The molecule has 1 aliphatic rings. The average molecular weight is 175 g/mol. The highest BCUT2D eigenvalue weighted by Crippen LogP contribution is 2.14. The summed E-state index contributed by atoms with van der Waals surface area (Å²) in [5, 5.41) is 11.5. The van der Waals surface area contributed by atoms with Crippen molar-refractivity contribution in [3.8, 4) is 0 Å². The molecule has 5 nitrogen and oxygen atoms in total. The highest BCUT2D eigenvalue weighted by atomic mass is 16.7. The standard InChI is InChI=1S/C7H13NO4/c1-11-7-5(8-2-3-9)4-6(10)12-7/h5,7-9H,2-4H2,1H3/t5-,7-/m1/s1. The minimum Gasteiger partial charge on any atom is -0.434 e. The van der Waals surface area contributed by atoms with E-state index in [-0.39, 0.29) is 18.6 Å². The van der Waals surface area contributed by atoms with Gasteiger partial charge < -0.3 is 19.9 Å². The maximum absolute atomic E-state index is 10.8. The van der Waals surface area contributed by atoms with Gasteiger partial charge >= 0.3 is 5.97 Å². The summed E-state index contributed by atoms with van der Waals surface area (Å²) >= 11 is 0. The van der Waals surface area contributed by atoms with Gasteiger partial charge in [0.05, 0.1) is 19.1 Å². The first kappa shape index (κ1) is 9.44. The molecule has 1 fully saturated rings. The van der Waals surface area contributed by atoms with Gasteiger partial charge in [-0.05, 0) is 0 Å². The van der Waals surface area contributed by atoms with E-state index in [4.69, 9.17) is 14.6 Å². The summed E-state index contributed by atoms with van der Waals surface area (Å²) in [6.45, 7) is 0.488. The molecule has 5 heteroatoms. The summed E-state index contributed by atoms with van der Waals surface area (Å²) < 4.78 is 9.72. The van der Waals surface area contributed by atoms with E-state index in [1.54, 1.807) is 0 Å². The van der Waals surface area contributed by atoms with Crippen LogP contribution in [0.1, 0.15) is 6.42 Å². The lowest BCUT2D eigenvalue weighted by atomic mass is 10.2. The third kappa shape index (κ3) is 2.17. The number of carbonyl (C=O) groups excluding carboxylic acids is 1. The van der Waals surface area contributed by atoms with Gasteiger partial charge in [-0.1, -0.05) is 0 Å². The molecule has 2 atom stereocenters. The van der Waals surface area contributed by atoms with E-state index < -0.39 is 6.29 Å². The third-order valence-electron chi connectivity index (χ3n) is 1.71. The van der Waals surface area contributed by atoms with E-state index in [2.05, 4.69) is 5.32 Å². The minimum atomic E-state index is -0.510. The Bertz CT molecular complexity index is 161. The Hall–Kier alpha value is -0.650. The van der Waals surface area contributed by atoms with E-state index in [1.807, 2.05) is 0 Å². The molecule has 70 valence electrons. The van der Waals surface area contributed by atoms with Gasteiger partial charge in [0.1, 0.15) is 0 Å². The van der Waals surface area contributed by atoms with Crippen molar-refractivity contribution in [3.05, 3.63) is 0 Å². The molecule has 0 aliphatic carbocycles. The van der Waals surface area contributed by atoms with Crippen molar-refractivity contribution in [2.24, 2.45) is 0 Å². The Morgan fingerprint density at radius 3 is 3.17 bits per heavy atom. The second-order valence-electron chi connectivity index (χ2n) is 2.58. The number of ether oxygens (including phenoxy) is 2. The number of aliphatic hydroxyl groups excluding tert-OH is 1. The number of methoxy groups -OCH3 is 1. The lowest BCUT2D eigenvalue weighted by Gasteiger charge is -2.15. The third-order valence-corrected chi connectivity index (χ3v) is 1.71.